The Morgan fingerprint density at radius 1 is 1.11 bits per heavy atom. The smallest absolute Gasteiger partial charge is 0.246 e. The van der Waals surface area contributed by atoms with Gasteiger partial charge in [0, 0.05) is 18.3 Å². The van der Waals surface area contributed by atoms with Crippen molar-refractivity contribution in [1.29, 1.82) is 0 Å². The summed E-state index contributed by atoms with van der Waals surface area (Å²) in [6, 6.07) is 4.80. The molecule has 1 spiro atoms. The number of anilines is 1. The Labute approximate surface area is 211 Å². The monoisotopic (exact) mass is 497 g/mol. The number of amides is 3. The number of fused-ring (bicyclic) bond motifs is 1. The van der Waals surface area contributed by atoms with Gasteiger partial charge >= 0.3 is 0 Å². The van der Waals surface area contributed by atoms with E-state index < -0.39 is 34.9 Å². The summed E-state index contributed by atoms with van der Waals surface area (Å²) in [5.74, 6) is -2.45. The minimum Gasteiger partial charge on any atom is -0.356 e. The van der Waals surface area contributed by atoms with E-state index >= 15 is 0 Å². The van der Waals surface area contributed by atoms with Gasteiger partial charge in [0.25, 0.3) is 0 Å². The Hall–Kier alpha value is -2.74. The molecule has 3 aliphatic heterocycles. The van der Waals surface area contributed by atoms with E-state index in [4.69, 9.17) is 4.74 Å². The predicted octanol–water partition coefficient (Wildman–Crippen LogP) is 3.80. The number of hydrogen-bond acceptors (Lipinski definition) is 4. The van der Waals surface area contributed by atoms with Gasteiger partial charge in [-0.3, -0.25) is 14.4 Å². The summed E-state index contributed by atoms with van der Waals surface area (Å²) >= 11 is 0. The van der Waals surface area contributed by atoms with Crippen molar-refractivity contribution in [1.82, 2.24) is 10.2 Å². The second-order valence-corrected chi connectivity index (χ2v) is 11.4. The highest BCUT2D eigenvalue weighted by Gasteiger charge is 2.76. The van der Waals surface area contributed by atoms with Crippen LogP contribution in [0.15, 0.2) is 36.4 Å². The number of benzene rings is 1. The maximum absolute atomic E-state index is 13.9. The number of ether oxygens (including phenoxy) is 1. The SMILES string of the molecule is CC(C)CCN1C(=O)[C@H]2C(C(=O)Nc3ccc(F)cc3)[C@@]3(C)C=CC2(O3)C1C(=O)NC1CCCCC1. The minimum atomic E-state index is -1.19. The lowest BCUT2D eigenvalue weighted by Crippen LogP contribution is -2.56. The third-order valence-corrected chi connectivity index (χ3v) is 8.34. The van der Waals surface area contributed by atoms with Gasteiger partial charge < -0.3 is 20.3 Å². The number of halogens is 1. The molecule has 1 aromatic rings. The van der Waals surface area contributed by atoms with Crippen LogP contribution in [0.5, 0.6) is 0 Å². The van der Waals surface area contributed by atoms with Crippen LogP contribution in [0.4, 0.5) is 10.1 Å². The van der Waals surface area contributed by atoms with Gasteiger partial charge in [-0.2, -0.15) is 0 Å². The highest BCUT2D eigenvalue weighted by molar-refractivity contribution is 6.03. The van der Waals surface area contributed by atoms with Gasteiger partial charge in [0.05, 0.1) is 17.4 Å². The molecule has 1 aromatic carbocycles. The number of nitrogens with one attached hydrogen (secondary N) is 2. The third kappa shape index (κ3) is 4.13. The molecule has 194 valence electrons. The highest BCUT2D eigenvalue weighted by Crippen LogP contribution is 2.59. The average Bonchev–Trinajstić information content (AvgIpc) is 3.40. The van der Waals surface area contributed by atoms with E-state index in [1.165, 1.54) is 30.7 Å². The van der Waals surface area contributed by atoms with Gasteiger partial charge in [0.15, 0.2) is 0 Å². The second kappa shape index (κ2) is 9.29. The number of carbonyl (C=O) groups excluding carboxylic acids is 3. The molecule has 2 N–H and O–H groups in total. The Balaban J connectivity index is 1.46. The van der Waals surface area contributed by atoms with Gasteiger partial charge in [-0.15, -0.1) is 0 Å². The van der Waals surface area contributed by atoms with Crippen molar-refractivity contribution >= 4 is 23.4 Å². The fourth-order valence-electron chi connectivity index (χ4n) is 6.55. The predicted molar refractivity (Wildman–Crippen MR) is 133 cm³/mol. The lowest BCUT2D eigenvalue weighted by molar-refractivity contribution is -0.144. The molecule has 36 heavy (non-hydrogen) atoms. The molecule has 0 radical (unpaired) electrons. The summed E-state index contributed by atoms with van der Waals surface area (Å²) < 4.78 is 19.9. The summed E-state index contributed by atoms with van der Waals surface area (Å²) in [6.07, 6.45) is 9.64. The molecule has 5 rings (SSSR count). The van der Waals surface area contributed by atoms with E-state index in [0.717, 1.165) is 32.1 Å². The lowest BCUT2D eigenvalue weighted by Gasteiger charge is -2.35. The van der Waals surface area contributed by atoms with E-state index in [9.17, 15) is 18.8 Å². The Kier molecular flexibility index (Phi) is 6.43. The van der Waals surface area contributed by atoms with E-state index in [1.54, 1.807) is 11.8 Å². The molecule has 0 aromatic heterocycles. The number of hydrogen-bond donors (Lipinski definition) is 2. The second-order valence-electron chi connectivity index (χ2n) is 11.4. The topological polar surface area (TPSA) is 87.7 Å². The first-order valence-electron chi connectivity index (χ1n) is 13.2. The molecular weight excluding hydrogens is 461 g/mol. The zero-order chi connectivity index (χ0) is 25.7. The van der Waals surface area contributed by atoms with Crippen LogP contribution in [0.1, 0.15) is 59.3 Å². The van der Waals surface area contributed by atoms with Crippen molar-refractivity contribution in [2.75, 3.05) is 11.9 Å². The van der Waals surface area contributed by atoms with Crippen LogP contribution in [0.2, 0.25) is 0 Å². The molecule has 3 heterocycles. The number of carbonyl (C=O) groups is 3. The summed E-state index contributed by atoms with van der Waals surface area (Å²) in [5.41, 5.74) is -1.76. The van der Waals surface area contributed by atoms with E-state index in [0.29, 0.717) is 18.2 Å². The van der Waals surface area contributed by atoms with Crippen LogP contribution in [0.25, 0.3) is 0 Å². The fourth-order valence-corrected chi connectivity index (χ4v) is 6.55. The minimum absolute atomic E-state index is 0.0968. The maximum atomic E-state index is 13.9. The quantitative estimate of drug-likeness (QED) is 0.561. The Morgan fingerprint density at radius 3 is 2.47 bits per heavy atom. The maximum Gasteiger partial charge on any atom is 0.246 e. The van der Waals surface area contributed by atoms with Gasteiger partial charge in [0.1, 0.15) is 17.5 Å². The van der Waals surface area contributed by atoms with E-state index in [2.05, 4.69) is 24.5 Å². The fraction of sp³-hybridized carbons (Fsp3) is 0.607. The molecule has 5 atom stereocenters. The molecule has 1 aliphatic carbocycles. The van der Waals surface area contributed by atoms with Crippen LogP contribution >= 0.6 is 0 Å². The summed E-state index contributed by atoms with van der Waals surface area (Å²) in [4.78, 5) is 42.9. The highest BCUT2D eigenvalue weighted by atomic mass is 19.1. The van der Waals surface area contributed by atoms with Gasteiger partial charge in [0.2, 0.25) is 17.7 Å². The van der Waals surface area contributed by atoms with Crippen LogP contribution in [0.3, 0.4) is 0 Å². The Morgan fingerprint density at radius 2 is 1.81 bits per heavy atom. The van der Waals surface area contributed by atoms with Crippen molar-refractivity contribution in [3.05, 3.63) is 42.2 Å². The first-order valence-corrected chi connectivity index (χ1v) is 13.2. The molecular formula is C28H36FN3O4. The first kappa shape index (κ1) is 24.9. The number of rotatable bonds is 7. The molecule has 2 saturated heterocycles. The zero-order valence-electron chi connectivity index (χ0n) is 21.3. The van der Waals surface area contributed by atoms with Crippen LogP contribution in [-0.4, -0.2) is 52.5 Å². The van der Waals surface area contributed by atoms with E-state index in [-0.39, 0.29) is 23.8 Å². The standard InChI is InChI=1S/C28H36FN3O4/c1-17(2)13-16-32-23(25(34)31-19-7-5-4-6-8-19)28-15-14-27(3,36-28)21(22(28)26(32)35)24(33)30-20-11-9-18(29)10-12-20/h9-12,14-15,17,19,21-23H,4-8,13,16H2,1-3H3,(H,30,33)(H,31,34)/t21?,22-,23?,27-,28?/m1/s1. The molecule has 3 unspecified atom stereocenters. The molecule has 4 aliphatic rings. The van der Waals surface area contributed by atoms with Crippen LogP contribution < -0.4 is 10.6 Å². The summed E-state index contributed by atoms with van der Waals surface area (Å²) in [6.45, 7) is 6.39. The Bertz CT molecular complexity index is 1070. The zero-order valence-corrected chi connectivity index (χ0v) is 21.3. The largest absolute Gasteiger partial charge is 0.356 e. The molecule has 7 nitrogen and oxygen atoms in total. The summed E-state index contributed by atoms with van der Waals surface area (Å²) in [5, 5.41) is 6.04. The van der Waals surface area contributed by atoms with Crippen LogP contribution in [-0.2, 0) is 19.1 Å². The van der Waals surface area contributed by atoms with Gasteiger partial charge in [-0.25, -0.2) is 4.39 Å². The van der Waals surface area contributed by atoms with Crippen LogP contribution in [0, 0.1) is 23.6 Å². The van der Waals surface area contributed by atoms with Crippen molar-refractivity contribution in [3.8, 4) is 0 Å². The lowest BCUT2D eigenvalue weighted by atomic mass is 9.70. The summed E-state index contributed by atoms with van der Waals surface area (Å²) in [7, 11) is 0. The number of nitrogens with zero attached hydrogens (tertiary/aromatic N) is 1. The van der Waals surface area contributed by atoms with Crippen molar-refractivity contribution in [2.24, 2.45) is 17.8 Å². The van der Waals surface area contributed by atoms with Crippen molar-refractivity contribution in [2.45, 2.75) is 82.6 Å². The average molecular weight is 498 g/mol. The van der Waals surface area contributed by atoms with E-state index in [1.807, 2.05) is 12.2 Å². The molecule has 2 bridgehead atoms. The molecule has 1 saturated carbocycles. The molecule has 3 fully saturated rings. The van der Waals surface area contributed by atoms with Gasteiger partial charge in [-0.05, 0) is 56.4 Å². The first-order chi connectivity index (χ1) is 17.1. The van der Waals surface area contributed by atoms with Crippen molar-refractivity contribution in [3.63, 3.8) is 0 Å². The molecule has 3 amide bonds. The normalized spacial score (nSPS) is 33.3. The number of likely N-dealkylation sites (tertiary alicyclic amines) is 1. The van der Waals surface area contributed by atoms with Crippen molar-refractivity contribution < 1.29 is 23.5 Å². The molecule has 8 heteroatoms. The third-order valence-electron chi connectivity index (χ3n) is 8.34. The van der Waals surface area contributed by atoms with Gasteiger partial charge in [-0.1, -0.05) is 45.3 Å².